The minimum Gasteiger partial charge on any atom is -0.344 e. The second kappa shape index (κ2) is 8.13. The number of fused-ring (bicyclic) bond motifs is 1. The van der Waals surface area contributed by atoms with Gasteiger partial charge in [0.1, 0.15) is 5.82 Å². The molecule has 2 aromatic carbocycles. The third-order valence-electron chi connectivity index (χ3n) is 4.82. The smallest absolute Gasteiger partial charge is 0.309 e. The van der Waals surface area contributed by atoms with Gasteiger partial charge in [-0.3, -0.25) is 9.59 Å². The Morgan fingerprint density at radius 1 is 1.04 bits per heavy atom. The summed E-state index contributed by atoms with van der Waals surface area (Å²) >= 11 is 0. The van der Waals surface area contributed by atoms with Gasteiger partial charge in [-0.2, -0.15) is 0 Å². The summed E-state index contributed by atoms with van der Waals surface area (Å²) in [7, 11) is 0. The number of hydrogen-bond acceptors (Lipinski definition) is 2. The van der Waals surface area contributed by atoms with Crippen molar-refractivity contribution in [3.63, 3.8) is 0 Å². The maximum Gasteiger partial charge on any atom is 0.309 e. The highest BCUT2D eigenvalue weighted by molar-refractivity contribution is 6.35. The fourth-order valence-corrected chi connectivity index (χ4v) is 3.27. The van der Waals surface area contributed by atoms with Crippen molar-refractivity contribution in [3.8, 4) is 0 Å². The topological polar surface area (TPSA) is 58.2 Å². The van der Waals surface area contributed by atoms with Crippen molar-refractivity contribution < 1.29 is 14.0 Å². The lowest BCUT2D eigenvalue weighted by Gasteiger charge is -2.20. The first-order chi connectivity index (χ1) is 12.5. The van der Waals surface area contributed by atoms with Crippen molar-refractivity contribution in [2.24, 2.45) is 0 Å². The molecule has 26 heavy (non-hydrogen) atoms. The molecule has 5 heteroatoms. The van der Waals surface area contributed by atoms with Crippen LogP contribution in [0.15, 0.2) is 42.5 Å². The van der Waals surface area contributed by atoms with Gasteiger partial charge in [-0.15, -0.1) is 0 Å². The Kier molecular flexibility index (Phi) is 5.66. The monoisotopic (exact) mass is 354 g/mol. The Bertz CT molecular complexity index is 819. The van der Waals surface area contributed by atoms with E-state index in [9.17, 15) is 14.0 Å². The van der Waals surface area contributed by atoms with Crippen LogP contribution >= 0.6 is 0 Å². The zero-order valence-electron chi connectivity index (χ0n) is 14.8. The van der Waals surface area contributed by atoms with Crippen molar-refractivity contribution in [1.82, 2.24) is 10.6 Å². The number of carbonyl (C=O) groups excluding carboxylic acids is 2. The molecule has 0 aliphatic heterocycles. The fourth-order valence-electron chi connectivity index (χ4n) is 3.27. The second-order valence-corrected chi connectivity index (χ2v) is 6.70. The summed E-state index contributed by atoms with van der Waals surface area (Å²) in [5.74, 6) is -1.89. The molecule has 0 fully saturated rings. The normalized spacial score (nSPS) is 14.2. The number of hydrogen-bond donors (Lipinski definition) is 2. The van der Waals surface area contributed by atoms with Gasteiger partial charge in [0.25, 0.3) is 0 Å². The summed E-state index contributed by atoms with van der Waals surface area (Å²) < 4.78 is 13.6. The van der Waals surface area contributed by atoms with E-state index in [1.807, 2.05) is 13.0 Å². The van der Waals surface area contributed by atoms with E-state index in [1.54, 1.807) is 18.2 Å². The molecule has 2 N–H and O–H groups in total. The van der Waals surface area contributed by atoms with E-state index >= 15 is 0 Å². The summed E-state index contributed by atoms with van der Waals surface area (Å²) in [6.07, 6.45) is 4.58. The molecule has 0 saturated carbocycles. The highest BCUT2D eigenvalue weighted by Crippen LogP contribution is 2.24. The van der Waals surface area contributed by atoms with Crippen LogP contribution in [0.2, 0.25) is 0 Å². The number of aryl methyl sites for hydroxylation is 2. The number of carbonyl (C=O) groups is 2. The SMILES string of the molecule is CC(NC(=O)C(=O)NCc1ccccc1F)c1ccc2c(c1)CCCC2. The summed E-state index contributed by atoms with van der Waals surface area (Å²) in [4.78, 5) is 24.1. The first-order valence-electron chi connectivity index (χ1n) is 8.98. The maximum atomic E-state index is 13.6. The number of amides is 2. The molecule has 0 radical (unpaired) electrons. The first kappa shape index (κ1) is 18.1. The maximum absolute atomic E-state index is 13.6. The number of rotatable bonds is 4. The number of benzene rings is 2. The molecule has 3 rings (SSSR count). The molecule has 0 spiro atoms. The van der Waals surface area contributed by atoms with E-state index in [4.69, 9.17) is 0 Å². The van der Waals surface area contributed by atoms with Gasteiger partial charge in [0.05, 0.1) is 6.04 Å². The molecule has 0 bridgehead atoms. The number of halogens is 1. The fraction of sp³-hybridized carbons (Fsp3) is 0.333. The van der Waals surface area contributed by atoms with Crippen LogP contribution in [0.3, 0.4) is 0 Å². The standard InChI is InChI=1S/C21H23FN2O2/c1-14(16-11-10-15-6-2-3-7-17(15)12-16)24-21(26)20(25)23-13-18-8-4-5-9-19(18)22/h4-5,8-12,14H,2-3,6-7,13H2,1H3,(H,23,25)(H,24,26). The van der Waals surface area contributed by atoms with Gasteiger partial charge in [-0.25, -0.2) is 4.39 Å². The summed E-state index contributed by atoms with van der Waals surface area (Å²) in [6.45, 7) is 1.83. The predicted molar refractivity (Wildman–Crippen MR) is 97.9 cm³/mol. The summed E-state index contributed by atoms with van der Waals surface area (Å²) in [5, 5.41) is 5.16. The van der Waals surface area contributed by atoms with Gasteiger partial charge in [0.2, 0.25) is 0 Å². The van der Waals surface area contributed by atoms with E-state index < -0.39 is 17.6 Å². The average molecular weight is 354 g/mol. The van der Waals surface area contributed by atoms with Crippen LogP contribution in [0, 0.1) is 5.82 Å². The quantitative estimate of drug-likeness (QED) is 0.829. The first-order valence-corrected chi connectivity index (χ1v) is 8.98. The van der Waals surface area contributed by atoms with Crippen LogP contribution in [0.4, 0.5) is 4.39 Å². The van der Waals surface area contributed by atoms with Gasteiger partial charge in [0.15, 0.2) is 0 Å². The Balaban J connectivity index is 1.56. The van der Waals surface area contributed by atoms with Gasteiger partial charge >= 0.3 is 11.8 Å². The highest BCUT2D eigenvalue weighted by Gasteiger charge is 2.18. The second-order valence-electron chi connectivity index (χ2n) is 6.70. The minimum atomic E-state index is -0.766. The molecule has 1 atom stereocenters. The molecule has 136 valence electrons. The molecule has 4 nitrogen and oxygen atoms in total. The zero-order valence-corrected chi connectivity index (χ0v) is 14.8. The van der Waals surface area contributed by atoms with Crippen LogP contribution in [0.1, 0.15) is 48.1 Å². The van der Waals surface area contributed by atoms with Crippen molar-refractivity contribution >= 4 is 11.8 Å². The van der Waals surface area contributed by atoms with E-state index in [0.717, 1.165) is 18.4 Å². The van der Waals surface area contributed by atoms with Gasteiger partial charge in [-0.05, 0) is 55.4 Å². The van der Waals surface area contributed by atoms with Crippen molar-refractivity contribution in [3.05, 3.63) is 70.5 Å². The molecule has 2 aromatic rings. The molecule has 1 aliphatic carbocycles. The van der Waals surface area contributed by atoms with Crippen molar-refractivity contribution in [1.29, 1.82) is 0 Å². The molecule has 1 unspecified atom stereocenters. The molecule has 2 amide bonds. The molecule has 0 aromatic heterocycles. The van der Waals surface area contributed by atoms with E-state index in [1.165, 1.54) is 30.0 Å². The summed E-state index contributed by atoms with van der Waals surface area (Å²) in [5.41, 5.74) is 4.04. The van der Waals surface area contributed by atoms with Crippen molar-refractivity contribution in [2.45, 2.75) is 45.2 Å². The Morgan fingerprint density at radius 3 is 2.54 bits per heavy atom. The molecule has 0 heterocycles. The van der Waals surface area contributed by atoms with E-state index in [2.05, 4.69) is 22.8 Å². The van der Waals surface area contributed by atoms with Crippen LogP contribution in [-0.4, -0.2) is 11.8 Å². The van der Waals surface area contributed by atoms with Crippen LogP contribution in [0.5, 0.6) is 0 Å². The Labute approximate surface area is 152 Å². The van der Waals surface area contributed by atoms with Gasteiger partial charge < -0.3 is 10.6 Å². The van der Waals surface area contributed by atoms with Crippen LogP contribution in [-0.2, 0) is 29.0 Å². The molecular weight excluding hydrogens is 331 g/mol. The van der Waals surface area contributed by atoms with Crippen molar-refractivity contribution in [2.75, 3.05) is 0 Å². The lowest BCUT2D eigenvalue weighted by molar-refractivity contribution is -0.139. The highest BCUT2D eigenvalue weighted by atomic mass is 19.1. The Hall–Kier alpha value is -2.69. The lowest BCUT2D eigenvalue weighted by Crippen LogP contribution is -2.40. The lowest BCUT2D eigenvalue weighted by atomic mass is 9.89. The molecule has 0 saturated heterocycles. The molecular formula is C21H23FN2O2. The van der Waals surface area contributed by atoms with Gasteiger partial charge in [-0.1, -0.05) is 36.4 Å². The number of nitrogens with one attached hydrogen (secondary N) is 2. The third kappa shape index (κ3) is 4.28. The van der Waals surface area contributed by atoms with E-state index in [0.29, 0.717) is 5.56 Å². The third-order valence-corrected chi connectivity index (χ3v) is 4.82. The zero-order chi connectivity index (χ0) is 18.5. The van der Waals surface area contributed by atoms with Crippen LogP contribution < -0.4 is 10.6 Å². The summed E-state index contributed by atoms with van der Waals surface area (Å²) in [6, 6.07) is 12.1. The van der Waals surface area contributed by atoms with E-state index in [-0.39, 0.29) is 12.6 Å². The molecule has 1 aliphatic rings. The Morgan fingerprint density at radius 2 is 1.77 bits per heavy atom. The predicted octanol–water partition coefficient (Wildman–Crippen LogP) is 3.20. The average Bonchev–Trinajstić information content (AvgIpc) is 2.66. The van der Waals surface area contributed by atoms with Gasteiger partial charge in [0, 0.05) is 12.1 Å². The largest absolute Gasteiger partial charge is 0.344 e. The minimum absolute atomic E-state index is 0.0217. The van der Waals surface area contributed by atoms with Crippen LogP contribution in [0.25, 0.3) is 0 Å².